The predicted molar refractivity (Wildman–Crippen MR) is 82.1 cm³/mol. The quantitative estimate of drug-likeness (QED) is 0.723. The van der Waals surface area contributed by atoms with Crippen LogP contribution in [-0.2, 0) is 0 Å². The van der Waals surface area contributed by atoms with Gasteiger partial charge in [0.05, 0.1) is 0 Å². The first-order valence-corrected chi connectivity index (χ1v) is 7.61. The van der Waals surface area contributed by atoms with Crippen molar-refractivity contribution in [3.63, 3.8) is 0 Å². The van der Waals surface area contributed by atoms with Gasteiger partial charge >= 0.3 is 0 Å². The molecule has 100 valence electrons. The van der Waals surface area contributed by atoms with Gasteiger partial charge in [-0.3, -0.25) is 0 Å². The second kappa shape index (κ2) is 4.83. The van der Waals surface area contributed by atoms with Crippen LogP contribution >= 0.6 is 11.5 Å². The van der Waals surface area contributed by atoms with Gasteiger partial charge in [0, 0.05) is 18.7 Å². The number of hydrogen-bond acceptors (Lipinski definition) is 5. The molecular formula is C15H14N4S. The van der Waals surface area contributed by atoms with Crippen LogP contribution in [0.2, 0.25) is 0 Å². The Kier molecular flexibility index (Phi) is 2.85. The van der Waals surface area contributed by atoms with Gasteiger partial charge in [0.15, 0.2) is 5.82 Å². The van der Waals surface area contributed by atoms with E-state index in [1.165, 1.54) is 24.4 Å². The van der Waals surface area contributed by atoms with E-state index >= 15 is 0 Å². The Labute approximate surface area is 121 Å². The third kappa shape index (κ3) is 1.86. The molecule has 1 aliphatic heterocycles. The van der Waals surface area contributed by atoms with Crippen LogP contribution in [0.5, 0.6) is 0 Å². The fourth-order valence-electron chi connectivity index (χ4n) is 2.69. The van der Waals surface area contributed by atoms with Crippen molar-refractivity contribution in [1.82, 2.24) is 14.3 Å². The van der Waals surface area contributed by atoms with Crippen molar-refractivity contribution in [2.45, 2.75) is 12.8 Å². The molecule has 1 aliphatic rings. The zero-order valence-corrected chi connectivity index (χ0v) is 11.8. The predicted octanol–water partition coefficient (Wildman–Crippen LogP) is 3.35. The van der Waals surface area contributed by atoms with Crippen molar-refractivity contribution in [3.8, 4) is 11.3 Å². The summed E-state index contributed by atoms with van der Waals surface area (Å²) in [6.45, 7) is 2.18. The minimum absolute atomic E-state index is 0.966. The molecule has 1 fully saturated rings. The lowest BCUT2D eigenvalue weighted by atomic mass is 10.1. The van der Waals surface area contributed by atoms with Crippen LogP contribution in [0, 0.1) is 0 Å². The van der Waals surface area contributed by atoms with E-state index in [1.54, 1.807) is 6.33 Å². The third-order valence-corrected chi connectivity index (χ3v) is 4.52. The number of aromatic nitrogens is 3. The number of fused-ring (bicyclic) bond motifs is 1. The van der Waals surface area contributed by atoms with Gasteiger partial charge in [-0.05, 0) is 24.4 Å². The Morgan fingerprint density at radius 3 is 2.60 bits per heavy atom. The summed E-state index contributed by atoms with van der Waals surface area (Å²) in [5, 5.41) is 0. The lowest BCUT2D eigenvalue weighted by molar-refractivity contribution is 0.941. The fraction of sp³-hybridized carbons (Fsp3) is 0.267. The van der Waals surface area contributed by atoms with Gasteiger partial charge in [-0.2, -0.15) is 4.37 Å². The average Bonchev–Trinajstić information content (AvgIpc) is 3.17. The SMILES string of the molecule is c1ccc(-c2nsc3c(N4CCCC4)ncnc23)cc1. The minimum atomic E-state index is 0.966. The summed E-state index contributed by atoms with van der Waals surface area (Å²) in [5.41, 5.74) is 3.05. The molecule has 0 saturated carbocycles. The van der Waals surface area contributed by atoms with Crippen molar-refractivity contribution in [1.29, 1.82) is 0 Å². The van der Waals surface area contributed by atoms with Gasteiger partial charge < -0.3 is 4.90 Å². The molecule has 20 heavy (non-hydrogen) atoms. The van der Waals surface area contributed by atoms with Crippen molar-refractivity contribution >= 4 is 27.6 Å². The Morgan fingerprint density at radius 1 is 1.00 bits per heavy atom. The van der Waals surface area contributed by atoms with Gasteiger partial charge in [0.2, 0.25) is 0 Å². The first-order valence-electron chi connectivity index (χ1n) is 6.84. The zero-order valence-electron chi connectivity index (χ0n) is 11.0. The van der Waals surface area contributed by atoms with Crippen LogP contribution in [0.15, 0.2) is 36.7 Å². The Hall–Kier alpha value is -2.01. The maximum Gasteiger partial charge on any atom is 0.151 e. The number of nitrogens with zero attached hydrogens (tertiary/aromatic N) is 4. The van der Waals surface area contributed by atoms with Crippen LogP contribution in [-0.4, -0.2) is 27.4 Å². The normalized spacial score (nSPS) is 15.1. The maximum atomic E-state index is 4.61. The highest BCUT2D eigenvalue weighted by molar-refractivity contribution is 7.14. The average molecular weight is 282 g/mol. The summed E-state index contributed by atoms with van der Waals surface area (Å²) < 4.78 is 5.71. The second-order valence-electron chi connectivity index (χ2n) is 4.97. The topological polar surface area (TPSA) is 41.9 Å². The van der Waals surface area contributed by atoms with Crippen molar-refractivity contribution < 1.29 is 0 Å². The van der Waals surface area contributed by atoms with E-state index in [0.29, 0.717) is 0 Å². The molecule has 4 nitrogen and oxygen atoms in total. The van der Waals surface area contributed by atoms with E-state index in [9.17, 15) is 0 Å². The molecule has 0 aliphatic carbocycles. The summed E-state index contributed by atoms with van der Waals surface area (Å²) in [7, 11) is 0. The van der Waals surface area contributed by atoms with Crippen molar-refractivity contribution in [2.75, 3.05) is 18.0 Å². The van der Waals surface area contributed by atoms with Crippen molar-refractivity contribution in [2.24, 2.45) is 0 Å². The first kappa shape index (κ1) is 11.8. The smallest absolute Gasteiger partial charge is 0.151 e. The molecule has 0 amide bonds. The number of rotatable bonds is 2. The Morgan fingerprint density at radius 2 is 1.80 bits per heavy atom. The van der Waals surface area contributed by atoms with Gasteiger partial charge in [-0.25, -0.2) is 9.97 Å². The van der Waals surface area contributed by atoms with Gasteiger partial charge in [0.25, 0.3) is 0 Å². The lowest BCUT2D eigenvalue weighted by Gasteiger charge is -2.15. The molecule has 0 N–H and O–H groups in total. The number of benzene rings is 1. The molecule has 0 spiro atoms. The summed E-state index contributed by atoms with van der Waals surface area (Å²) >= 11 is 1.51. The molecule has 3 heterocycles. The van der Waals surface area contributed by atoms with Gasteiger partial charge in [-0.15, -0.1) is 0 Å². The van der Waals surface area contributed by atoms with Crippen LogP contribution in [0.4, 0.5) is 5.82 Å². The molecule has 5 heteroatoms. The molecule has 0 atom stereocenters. The largest absolute Gasteiger partial charge is 0.355 e. The molecule has 0 radical (unpaired) electrons. The monoisotopic (exact) mass is 282 g/mol. The lowest BCUT2D eigenvalue weighted by Crippen LogP contribution is -2.19. The van der Waals surface area contributed by atoms with Crippen molar-refractivity contribution in [3.05, 3.63) is 36.7 Å². The number of hydrogen-bond donors (Lipinski definition) is 0. The highest BCUT2D eigenvalue weighted by Gasteiger charge is 2.20. The molecule has 3 aromatic rings. The summed E-state index contributed by atoms with van der Waals surface area (Å²) in [5.74, 6) is 1.05. The second-order valence-corrected chi connectivity index (χ2v) is 5.74. The third-order valence-electron chi connectivity index (χ3n) is 3.69. The maximum absolute atomic E-state index is 4.61. The molecule has 4 rings (SSSR count). The molecule has 2 aromatic heterocycles. The van der Waals surface area contributed by atoms with E-state index in [1.807, 2.05) is 18.2 Å². The molecular weight excluding hydrogens is 268 g/mol. The fourth-order valence-corrected chi connectivity index (χ4v) is 3.57. The standard InChI is InChI=1S/C15H14N4S/c1-2-6-11(7-3-1)12-13-14(20-18-12)15(17-10-16-13)19-8-4-5-9-19/h1-3,6-7,10H,4-5,8-9H2. The Bertz CT molecular complexity index is 732. The van der Waals surface area contributed by atoms with Gasteiger partial charge in [0.1, 0.15) is 22.2 Å². The number of anilines is 1. The molecule has 1 saturated heterocycles. The Balaban J connectivity index is 1.88. The van der Waals surface area contributed by atoms with Gasteiger partial charge in [-0.1, -0.05) is 30.3 Å². The summed E-state index contributed by atoms with van der Waals surface area (Å²) in [4.78, 5) is 11.3. The highest BCUT2D eigenvalue weighted by atomic mass is 32.1. The zero-order chi connectivity index (χ0) is 13.4. The van der Waals surface area contributed by atoms with E-state index < -0.39 is 0 Å². The van der Waals surface area contributed by atoms with Crippen LogP contribution in [0.3, 0.4) is 0 Å². The van der Waals surface area contributed by atoms with E-state index in [-0.39, 0.29) is 0 Å². The highest BCUT2D eigenvalue weighted by Crippen LogP contribution is 2.34. The van der Waals surface area contributed by atoms with E-state index in [2.05, 4.69) is 31.4 Å². The van der Waals surface area contributed by atoms with Crippen LogP contribution in [0.25, 0.3) is 21.5 Å². The minimum Gasteiger partial charge on any atom is -0.355 e. The summed E-state index contributed by atoms with van der Waals surface area (Å²) in [6, 6.07) is 10.2. The molecule has 1 aromatic carbocycles. The molecule has 0 unspecified atom stereocenters. The first-order chi connectivity index (χ1) is 9.93. The van der Waals surface area contributed by atoms with E-state index in [0.717, 1.165) is 40.4 Å². The van der Waals surface area contributed by atoms with Crippen LogP contribution in [0.1, 0.15) is 12.8 Å². The van der Waals surface area contributed by atoms with E-state index in [4.69, 9.17) is 0 Å². The molecule has 0 bridgehead atoms. The summed E-state index contributed by atoms with van der Waals surface area (Å²) in [6.07, 6.45) is 4.16. The van der Waals surface area contributed by atoms with Crippen LogP contribution < -0.4 is 4.90 Å².